The van der Waals surface area contributed by atoms with Gasteiger partial charge in [0.15, 0.2) is 0 Å². The topological polar surface area (TPSA) is 94.3 Å². The number of unbranched alkanes of at least 4 members (excludes halogenated alkanes) is 1. The number of hydrogen-bond donors (Lipinski definition) is 2. The molecule has 0 spiro atoms. The van der Waals surface area contributed by atoms with Gasteiger partial charge >= 0.3 is 0 Å². The monoisotopic (exact) mass is 335 g/mol. The molecule has 0 aliphatic rings. The highest BCUT2D eigenvalue weighted by Crippen LogP contribution is 2.20. The molecule has 0 radical (unpaired) electrons. The van der Waals surface area contributed by atoms with E-state index in [9.17, 15) is 8.42 Å². The van der Waals surface area contributed by atoms with Crippen LogP contribution in [0.15, 0.2) is 41.3 Å². The third-order valence-corrected chi connectivity index (χ3v) is 4.50. The van der Waals surface area contributed by atoms with Gasteiger partial charge in [-0.15, -0.1) is 0 Å². The van der Waals surface area contributed by atoms with Crippen molar-refractivity contribution in [1.82, 2.24) is 4.98 Å². The third kappa shape index (κ3) is 4.85. The van der Waals surface area contributed by atoms with Gasteiger partial charge in [0.2, 0.25) is 0 Å². The van der Waals surface area contributed by atoms with Crippen molar-refractivity contribution in [1.29, 1.82) is 0 Å². The van der Waals surface area contributed by atoms with Crippen LogP contribution in [0.1, 0.15) is 25.3 Å². The highest BCUT2D eigenvalue weighted by atomic mass is 32.2. The summed E-state index contributed by atoms with van der Waals surface area (Å²) in [7, 11) is -3.71. The molecule has 0 saturated carbocycles. The molecule has 0 unspecified atom stereocenters. The van der Waals surface area contributed by atoms with Crippen molar-refractivity contribution in [2.75, 3.05) is 17.1 Å². The van der Waals surface area contributed by atoms with Gasteiger partial charge in [0.25, 0.3) is 10.0 Å². The van der Waals surface area contributed by atoms with E-state index in [2.05, 4.69) is 16.6 Å². The van der Waals surface area contributed by atoms with Gasteiger partial charge in [0.1, 0.15) is 17.4 Å². The van der Waals surface area contributed by atoms with E-state index in [-0.39, 0.29) is 16.5 Å². The predicted molar refractivity (Wildman–Crippen MR) is 91.0 cm³/mol. The van der Waals surface area contributed by atoms with Crippen molar-refractivity contribution >= 4 is 21.7 Å². The van der Waals surface area contributed by atoms with E-state index in [4.69, 9.17) is 10.5 Å². The normalized spacial score (nSPS) is 11.2. The van der Waals surface area contributed by atoms with E-state index in [0.717, 1.165) is 18.4 Å². The number of aromatic nitrogens is 1. The Labute approximate surface area is 136 Å². The Morgan fingerprint density at radius 2 is 1.91 bits per heavy atom. The molecule has 0 saturated heterocycles. The van der Waals surface area contributed by atoms with Gasteiger partial charge in [-0.1, -0.05) is 13.3 Å². The molecule has 3 N–H and O–H groups in total. The number of benzene rings is 1. The minimum Gasteiger partial charge on any atom is -0.494 e. The van der Waals surface area contributed by atoms with Crippen LogP contribution in [0.2, 0.25) is 0 Å². The summed E-state index contributed by atoms with van der Waals surface area (Å²) in [6, 6.07) is 9.58. The highest BCUT2D eigenvalue weighted by Gasteiger charge is 2.15. The predicted octanol–water partition coefficient (Wildman–Crippen LogP) is 2.95. The second kappa shape index (κ2) is 7.32. The van der Waals surface area contributed by atoms with Crippen molar-refractivity contribution in [3.05, 3.63) is 42.0 Å². The van der Waals surface area contributed by atoms with Crippen LogP contribution in [0.4, 0.5) is 11.6 Å². The van der Waals surface area contributed by atoms with Gasteiger partial charge in [-0.25, -0.2) is 13.4 Å². The summed E-state index contributed by atoms with van der Waals surface area (Å²) in [5.41, 5.74) is 6.46. The summed E-state index contributed by atoms with van der Waals surface area (Å²) in [5.74, 6) is 1.11. The van der Waals surface area contributed by atoms with Gasteiger partial charge in [0.05, 0.1) is 11.5 Å². The molecule has 7 heteroatoms. The van der Waals surface area contributed by atoms with Gasteiger partial charge in [-0.2, -0.15) is 0 Å². The Bertz CT molecular complexity index is 738. The van der Waals surface area contributed by atoms with Crippen LogP contribution < -0.4 is 15.2 Å². The Morgan fingerprint density at radius 3 is 2.52 bits per heavy atom. The lowest BCUT2D eigenvalue weighted by Crippen LogP contribution is -2.14. The summed E-state index contributed by atoms with van der Waals surface area (Å²) in [4.78, 5) is 4.12. The number of rotatable bonds is 7. The Morgan fingerprint density at radius 1 is 1.22 bits per heavy atom. The molecule has 1 aromatic heterocycles. The quantitative estimate of drug-likeness (QED) is 0.759. The van der Waals surface area contributed by atoms with E-state index in [1.54, 1.807) is 24.3 Å². The zero-order valence-electron chi connectivity index (χ0n) is 13.2. The number of ether oxygens (including phenoxy) is 1. The smallest absolute Gasteiger partial charge is 0.263 e. The van der Waals surface area contributed by atoms with Crippen LogP contribution in [-0.2, 0) is 10.0 Å². The Kier molecular flexibility index (Phi) is 5.44. The van der Waals surface area contributed by atoms with Gasteiger partial charge in [0, 0.05) is 0 Å². The first kappa shape index (κ1) is 17.1. The fourth-order valence-electron chi connectivity index (χ4n) is 1.99. The molecule has 23 heavy (non-hydrogen) atoms. The molecule has 0 aliphatic heterocycles. The molecular formula is C16H21N3O3S. The van der Waals surface area contributed by atoms with Gasteiger partial charge < -0.3 is 10.5 Å². The lowest BCUT2D eigenvalue weighted by molar-refractivity contribution is 0.309. The SMILES string of the molecule is CCCCOc1ccc(S(=O)(=O)Nc2cc(C)cc(N)n2)cc1. The zero-order valence-corrected chi connectivity index (χ0v) is 14.1. The largest absolute Gasteiger partial charge is 0.494 e. The second-order valence-corrected chi connectivity index (χ2v) is 6.92. The number of nitrogens with two attached hydrogens (primary N) is 1. The molecule has 6 nitrogen and oxygen atoms in total. The minimum atomic E-state index is -3.71. The molecule has 2 aromatic rings. The second-order valence-electron chi connectivity index (χ2n) is 5.23. The molecule has 0 aliphatic carbocycles. The maximum Gasteiger partial charge on any atom is 0.263 e. The Balaban J connectivity index is 2.12. The Hall–Kier alpha value is -2.28. The number of anilines is 2. The van der Waals surface area contributed by atoms with Crippen LogP contribution in [0, 0.1) is 6.92 Å². The van der Waals surface area contributed by atoms with E-state index < -0.39 is 10.0 Å². The summed E-state index contributed by atoms with van der Waals surface area (Å²) >= 11 is 0. The molecule has 1 aromatic carbocycles. The molecule has 0 bridgehead atoms. The fraction of sp³-hybridized carbons (Fsp3) is 0.312. The van der Waals surface area contributed by atoms with Crippen LogP contribution in [0.5, 0.6) is 5.75 Å². The van der Waals surface area contributed by atoms with Gasteiger partial charge in [-0.3, -0.25) is 4.72 Å². The third-order valence-electron chi connectivity index (χ3n) is 3.13. The molecular weight excluding hydrogens is 314 g/mol. The van der Waals surface area contributed by atoms with Crippen LogP contribution in [0.3, 0.4) is 0 Å². The first-order valence-electron chi connectivity index (χ1n) is 7.40. The van der Waals surface area contributed by atoms with Crippen molar-refractivity contribution in [3.8, 4) is 5.75 Å². The lowest BCUT2D eigenvalue weighted by atomic mass is 10.3. The maximum atomic E-state index is 12.4. The molecule has 1 heterocycles. The first-order chi connectivity index (χ1) is 10.9. The summed E-state index contributed by atoms with van der Waals surface area (Å²) in [6.07, 6.45) is 2.01. The van der Waals surface area contributed by atoms with E-state index in [1.165, 1.54) is 12.1 Å². The highest BCUT2D eigenvalue weighted by molar-refractivity contribution is 7.92. The maximum absolute atomic E-state index is 12.4. The molecule has 2 rings (SSSR count). The molecule has 0 atom stereocenters. The summed E-state index contributed by atoms with van der Waals surface area (Å²) in [5, 5.41) is 0. The van der Waals surface area contributed by atoms with Crippen LogP contribution in [-0.4, -0.2) is 20.0 Å². The number of nitrogens with zero attached hydrogens (tertiary/aromatic N) is 1. The summed E-state index contributed by atoms with van der Waals surface area (Å²) in [6.45, 7) is 4.52. The van der Waals surface area contributed by atoms with Crippen molar-refractivity contribution in [2.24, 2.45) is 0 Å². The van der Waals surface area contributed by atoms with Crippen molar-refractivity contribution < 1.29 is 13.2 Å². The fourth-order valence-corrected chi connectivity index (χ4v) is 2.98. The average Bonchev–Trinajstić information content (AvgIpc) is 2.46. The standard InChI is InChI=1S/C16H21N3O3S/c1-3-4-9-22-13-5-7-14(8-6-13)23(20,21)19-16-11-12(2)10-15(17)18-16/h5-8,10-11H,3-4,9H2,1-2H3,(H3,17,18,19). The number of aryl methyl sites for hydroxylation is 1. The number of sulfonamides is 1. The van der Waals surface area contributed by atoms with E-state index in [0.29, 0.717) is 12.4 Å². The minimum absolute atomic E-state index is 0.141. The van der Waals surface area contributed by atoms with Crippen LogP contribution in [0.25, 0.3) is 0 Å². The van der Waals surface area contributed by atoms with Crippen molar-refractivity contribution in [2.45, 2.75) is 31.6 Å². The molecule has 124 valence electrons. The average molecular weight is 335 g/mol. The summed E-state index contributed by atoms with van der Waals surface area (Å²) < 4.78 is 32.7. The van der Waals surface area contributed by atoms with Crippen molar-refractivity contribution in [3.63, 3.8) is 0 Å². The molecule has 0 amide bonds. The number of pyridine rings is 1. The van der Waals surface area contributed by atoms with E-state index >= 15 is 0 Å². The lowest BCUT2D eigenvalue weighted by Gasteiger charge is -2.10. The number of nitrogens with one attached hydrogen (secondary N) is 1. The van der Waals surface area contributed by atoms with E-state index in [1.807, 2.05) is 6.92 Å². The molecule has 0 fully saturated rings. The number of hydrogen-bond acceptors (Lipinski definition) is 5. The zero-order chi connectivity index (χ0) is 16.9. The van der Waals surface area contributed by atoms with Gasteiger partial charge in [-0.05, 0) is 55.3 Å². The van der Waals surface area contributed by atoms with Crippen LogP contribution >= 0.6 is 0 Å². The number of nitrogen functional groups attached to an aromatic ring is 1. The first-order valence-corrected chi connectivity index (χ1v) is 8.89.